The molecule has 0 aromatic heterocycles. The van der Waals surface area contributed by atoms with Crippen molar-refractivity contribution in [2.24, 2.45) is 5.92 Å². The highest BCUT2D eigenvalue weighted by molar-refractivity contribution is 6.30. The molecule has 2 fully saturated rings. The van der Waals surface area contributed by atoms with E-state index in [1.54, 1.807) is 0 Å². The number of nitrogens with one attached hydrogen (secondary N) is 1. The van der Waals surface area contributed by atoms with Gasteiger partial charge in [0.2, 0.25) is 0 Å². The molecule has 0 saturated heterocycles. The topological polar surface area (TPSA) is 12.0 Å². The van der Waals surface area contributed by atoms with E-state index in [9.17, 15) is 0 Å². The molecule has 0 heterocycles. The van der Waals surface area contributed by atoms with Crippen LogP contribution >= 0.6 is 11.6 Å². The van der Waals surface area contributed by atoms with Crippen LogP contribution < -0.4 is 5.32 Å². The van der Waals surface area contributed by atoms with Crippen LogP contribution in [0.1, 0.15) is 69.8 Å². The smallest absolute Gasteiger partial charge is 0.0406 e. The standard InChI is InChI=1S/C19H28ClN/c1-14(15-6-4-2-3-5-7-15)21-19-12-17(13-19)16-8-10-18(20)11-9-16/h8-11,14-15,17,19,21H,2-7,12-13H2,1H3/t14-,17?,19?/m0/s1. The second-order valence-corrected chi connectivity index (χ2v) is 7.56. The molecule has 0 spiro atoms. The summed E-state index contributed by atoms with van der Waals surface area (Å²) in [5.41, 5.74) is 1.46. The largest absolute Gasteiger partial charge is 0.311 e. The van der Waals surface area contributed by atoms with Crippen molar-refractivity contribution in [2.75, 3.05) is 0 Å². The first-order valence-corrected chi connectivity index (χ1v) is 9.11. The van der Waals surface area contributed by atoms with Crippen molar-refractivity contribution in [3.63, 3.8) is 0 Å². The second-order valence-electron chi connectivity index (χ2n) is 7.12. The summed E-state index contributed by atoms with van der Waals surface area (Å²) in [5, 5.41) is 4.74. The van der Waals surface area contributed by atoms with Crippen LogP contribution in [0.4, 0.5) is 0 Å². The average molecular weight is 306 g/mol. The number of hydrogen-bond donors (Lipinski definition) is 1. The molecule has 2 heteroatoms. The third-order valence-electron chi connectivity index (χ3n) is 5.59. The van der Waals surface area contributed by atoms with E-state index in [0.717, 1.165) is 22.9 Å². The summed E-state index contributed by atoms with van der Waals surface area (Å²) in [7, 11) is 0. The van der Waals surface area contributed by atoms with Gasteiger partial charge in [-0.3, -0.25) is 0 Å². The minimum atomic E-state index is 0.694. The molecule has 21 heavy (non-hydrogen) atoms. The molecule has 2 aliphatic rings. The molecule has 1 atom stereocenters. The molecule has 0 amide bonds. The van der Waals surface area contributed by atoms with Crippen LogP contribution in [-0.2, 0) is 0 Å². The molecule has 116 valence electrons. The highest BCUT2D eigenvalue weighted by Gasteiger charge is 2.32. The Labute approximate surface area is 134 Å². The Hall–Kier alpha value is -0.530. The summed E-state index contributed by atoms with van der Waals surface area (Å²) < 4.78 is 0. The Balaban J connectivity index is 1.44. The first kappa shape index (κ1) is 15.4. The predicted octanol–water partition coefficient (Wildman–Crippen LogP) is 5.53. The second kappa shape index (κ2) is 7.15. The molecule has 1 nitrogen and oxygen atoms in total. The molecule has 3 rings (SSSR count). The number of benzene rings is 1. The normalized spacial score (nSPS) is 28.7. The molecule has 1 aromatic rings. The van der Waals surface area contributed by atoms with Crippen molar-refractivity contribution in [3.8, 4) is 0 Å². The van der Waals surface area contributed by atoms with Crippen molar-refractivity contribution < 1.29 is 0 Å². The number of halogens is 1. The highest BCUT2D eigenvalue weighted by atomic mass is 35.5. The molecular weight excluding hydrogens is 278 g/mol. The van der Waals surface area contributed by atoms with Gasteiger partial charge in [0.25, 0.3) is 0 Å². The Morgan fingerprint density at radius 3 is 2.24 bits per heavy atom. The third kappa shape index (κ3) is 4.02. The molecular formula is C19H28ClN. The highest BCUT2D eigenvalue weighted by Crippen LogP contribution is 2.38. The van der Waals surface area contributed by atoms with E-state index in [1.165, 1.54) is 56.9 Å². The predicted molar refractivity (Wildman–Crippen MR) is 91.0 cm³/mol. The van der Waals surface area contributed by atoms with Gasteiger partial charge in [-0.2, -0.15) is 0 Å². The lowest BCUT2D eigenvalue weighted by molar-refractivity contribution is 0.228. The van der Waals surface area contributed by atoms with Gasteiger partial charge in [-0.05, 0) is 62.1 Å². The van der Waals surface area contributed by atoms with Crippen LogP contribution in [0.2, 0.25) is 5.02 Å². The lowest BCUT2D eigenvalue weighted by Crippen LogP contribution is -2.47. The molecule has 0 unspecified atom stereocenters. The maximum atomic E-state index is 5.96. The van der Waals surface area contributed by atoms with Gasteiger partial charge >= 0.3 is 0 Å². The van der Waals surface area contributed by atoms with Gasteiger partial charge < -0.3 is 5.32 Å². The minimum absolute atomic E-state index is 0.694. The quantitative estimate of drug-likeness (QED) is 0.721. The zero-order chi connectivity index (χ0) is 14.7. The lowest BCUT2D eigenvalue weighted by atomic mass is 9.75. The fourth-order valence-corrected chi connectivity index (χ4v) is 4.21. The molecule has 0 radical (unpaired) electrons. The van der Waals surface area contributed by atoms with E-state index in [1.807, 2.05) is 12.1 Å². The van der Waals surface area contributed by atoms with Crippen LogP contribution in [0.25, 0.3) is 0 Å². The molecule has 2 saturated carbocycles. The Morgan fingerprint density at radius 1 is 1.00 bits per heavy atom. The summed E-state index contributed by atoms with van der Waals surface area (Å²) in [6, 6.07) is 9.84. The SMILES string of the molecule is C[C@H](NC1CC(c2ccc(Cl)cc2)C1)C1CCCCCC1. The van der Waals surface area contributed by atoms with Crippen molar-refractivity contribution in [3.05, 3.63) is 34.9 Å². The fraction of sp³-hybridized carbons (Fsp3) is 0.684. The van der Waals surface area contributed by atoms with Crippen molar-refractivity contribution in [1.29, 1.82) is 0 Å². The summed E-state index contributed by atoms with van der Waals surface area (Å²) in [6.07, 6.45) is 11.2. The van der Waals surface area contributed by atoms with Gasteiger partial charge in [-0.15, -0.1) is 0 Å². The molecule has 0 bridgehead atoms. The van der Waals surface area contributed by atoms with Crippen LogP contribution in [0.15, 0.2) is 24.3 Å². The zero-order valence-electron chi connectivity index (χ0n) is 13.2. The summed E-state index contributed by atoms with van der Waals surface area (Å²) >= 11 is 5.96. The Bertz CT molecular complexity index is 427. The summed E-state index contributed by atoms with van der Waals surface area (Å²) in [4.78, 5) is 0. The zero-order valence-corrected chi connectivity index (χ0v) is 13.9. The lowest BCUT2D eigenvalue weighted by Gasteiger charge is -2.40. The van der Waals surface area contributed by atoms with Crippen LogP contribution in [0.3, 0.4) is 0 Å². The minimum Gasteiger partial charge on any atom is -0.311 e. The average Bonchev–Trinajstić information content (AvgIpc) is 2.72. The maximum absolute atomic E-state index is 5.96. The first-order chi connectivity index (χ1) is 10.2. The van der Waals surface area contributed by atoms with Crippen LogP contribution in [-0.4, -0.2) is 12.1 Å². The van der Waals surface area contributed by atoms with Gasteiger partial charge in [0.05, 0.1) is 0 Å². The van der Waals surface area contributed by atoms with E-state index in [2.05, 4.69) is 24.4 Å². The van der Waals surface area contributed by atoms with Crippen molar-refractivity contribution >= 4 is 11.6 Å². The summed E-state index contributed by atoms with van der Waals surface area (Å²) in [5.74, 6) is 1.64. The van der Waals surface area contributed by atoms with Crippen molar-refractivity contribution in [1.82, 2.24) is 5.32 Å². The molecule has 1 aromatic carbocycles. The first-order valence-electron chi connectivity index (χ1n) is 8.74. The maximum Gasteiger partial charge on any atom is 0.0406 e. The van der Waals surface area contributed by atoms with Crippen molar-refractivity contribution in [2.45, 2.75) is 76.3 Å². The van der Waals surface area contributed by atoms with Gasteiger partial charge in [0, 0.05) is 17.1 Å². The molecule has 2 aliphatic carbocycles. The Kier molecular flexibility index (Phi) is 5.24. The molecule has 0 aliphatic heterocycles. The van der Waals surface area contributed by atoms with Crippen LogP contribution in [0.5, 0.6) is 0 Å². The Morgan fingerprint density at radius 2 is 1.62 bits per heavy atom. The molecule has 1 N–H and O–H groups in total. The van der Waals surface area contributed by atoms with Gasteiger partial charge in [-0.1, -0.05) is 49.4 Å². The fourth-order valence-electron chi connectivity index (χ4n) is 4.08. The monoisotopic (exact) mass is 305 g/mol. The number of rotatable bonds is 4. The van der Waals surface area contributed by atoms with E-state index >= 15 is 0 Å². The number of hydrogen-bond acceptors (Lipinski definition) is 1. The van der Waals surface area contributed by atoms with E-state index in [4.69, 9.17) is 11.6 Å². The third-order valence-corrected chi connectivity index (χ3v) is 5.84. The van der Waals surface area contributed by atoms with E-state index in [0.29, 0.717) is 6.04 Å². The van der Waals surface area contributed by atoms with Crippen LogP contribution in [0, 0.1) is 5.92 Å². The van der Waals surface area contributed by atoms with Gasteiger partial charge in [0.1, 0.15) is 0 Å². The summed E-state index contributed by atoms with van der Waals surface area (Å²) in [6.45, 7) is 2.41. The van der Waals surface area contributed by atoms with E-state index < -0.39 is 0 Å². The van der Waals surface area contributed by atoms with Gasteiger partial charge in [0.15, 0.2) is 0 Å². The van der Waals surface area contributed by atoms with Gasteiger partial charge in [-0.25, -0.2) is 0 Å². The van der Waals surface area contributed by atoms with E-state index in [-0.39, 0.29) is 0 Å².